The second-order valence-corrected chi connectivity index (χ2v) is 3.55. The number of rotatable bonds is 3. The molecule has 0 fully saturated rings. The van der Waals surface area contributed by atoms with Crippen molar-refractivity contribution in [1.82, 2.24) is 0 Å². The molecule has 0 saturated heterocycles. The molecule has 0 aliphatic carbocycles. The number of fused-ring (bicyclic) bond motifs is 1. The van der Waals surface area contributed by atoms with E-state index >= 15 is 0 Å². The number of methoxy groups -OCH3 is 1. The monoisotopic (exact) mass is 206 g/mol. The molecule has 80 valence electrons. The SMILES string of the molecule is COc1cc(CCO)cc2cc(C)oc12. The molecule has 0 radical (unpaired) electrons. The molecule has 1 heterocycles. The number of furan rings is 1. The number of aliphatic hydroxyl groups excluding tert-OH is 1. The Morgan fingerprint density at radius 2 is 2.13 bits per heavy atom. The molecule has 15 heavy (non-hydrogen) atoms. The highest BCUT2D eigenvalue weighted by molar-refractivity contribution is 5.84. The van der Waals surface area contributed by atoms with Crippen LogP contribution in [0.3, 0.4) is 0 Å². The fraction of sp³-hybridized carbons (Fsp3) is 0.333. The van der Waals surface area contributed by atoms with E-state index in [0.29, 0.717) is 6.42 Å². The van der Waals surface area contributed by atoms with E-state index in [9.17, 15) is 0 Å². The third-order valence-corrected chi connectivity index (χ3v) is 2.39. The van der Waals surface area contributed by atoms with Crippen LogP contribution < -0.4 is 4.74 Å². The van der Waals surface area contributed by atoms with Crippen LogP contribution in [0.15, 0.2) is 22.6 Å². The molecule has 3 nitrogen and oxygen atoms in total. The quantitative estimate of drug-likeness (QED) is 0.837. The zero-order valence-corrected chi connectivity index (χ0v) is 8.91. The maximum atomic E-state index is 8.90. The summed E-state index contributed by atoms with van der Waals surface area (Å²) in [5, 5.41) is 9.92. The molecule has 1 N–H and O–H groups in total. The molecule has 0 bridgehead atoms. The third-order valence-electron chi connectivity index (χ3n) is 2.39. The highest BCUT2D eigenvalue weighted by Gasteiger charge is 2.08. The summed E-state index contributed by atoms with van der Waals surface area (Å²) in [6, 6.07) is 5.89. The standard InChI is InChI=1S/C12H14O3/c1-8-5-10-6-9(3-4-13)7-11(14-2)12(10)15-8/h5-7,13H,3-4H2,1-2H3. The van der Waals surface area contributed by atoms with Gasteiger partial charge in [0.2, 0.25) is 0 Å². The predicted molar refractivity (Wildman–Crippen MR) is 58.3 cm³/mol. The predicted octanol–water partition coefficient (Wildman–Crippen LogP) is 2.28. The molecule has 0 spiro atoms. The molecule has 2 rings (SSSR count). The Balaban J connectivity index is 2.59. The van der Waals surface area contributed by atoms with E-state index in [1.165, 1.54) is 0 Å². The summed E-state index contributed by atoms with van der Waals surface area (Å²) in [6.07, 6.45) is 0.635. The van der Waals surface area contributed by atoms with Crippen LogP contribution in [-0.4, -0.2) is 18.8 Å². The van der Waals surface area contributed by atoms with Gasteiger partial charge in [-0.1, -0.05) is 0 Å². The fourth-order valence-corrected chi connectivity index (χ4v) is 1.73. The number of ether oxygens (including phenoxy) is 1. The maximum absolute atomic E-state index is 8.90. The van der Waals surface area contributed by atoms with Crippen LogP contribution in [0.5, 0.6) is 5.75 Å². The average molecular weight is 206 g/mol. The van der Waals surface area contributed by atoms with Crippen molar-refractivity contribution in [2.45, 2.75) is 13.3 Å². The molecule has 0 atom stereocenters. The smallest absolute Gasteiger partial charge is 0.176 e. The number of hydrogen-bond acceptors (Lipinski definition) is 3. The first-order valence-electron chi connectivity index (χ1n) is 4.92. The van der Waals surface area contributed by atoms with Gasteiger partial charge >= 0.3 is 0 Å². The summed E-state index contributed by atoms with van der Waals surface area (Å²) in [4.78, 5) is 0. The molecular formula is C12H14O3. The fourth-order valence-electron chi connectivity index (χ4n) is 1.73. The molecule has 0 aliphatic heterocycles. The van der Waals surface area contributed by atoms with Crippen LogP contribution in [0.1, 0.15) is 11.3 Å². The Labute approximate surface area is 88.3 Å². The second kappa shape index (κ2) is 3.95. The number of aliphatic hydroxyl groups is 1. The van der Waals surface area contributed by atoms with E-state index in [4.69, 9.17) is 14.3 Å². The summed E-state index contributed by atoms with van der Waals surface area (Å²) in [7, 11) is 1.62. The minimum Gasteiger partial charge on any atom is -0.493 e. The van der Waals surface area contributed by atoms with Crippen LogP contribution >= 0.6 is 0 Å². The zero-order chi connectivity index (χ0) is 10.8. The largest absolute Gasteiger partial charge is 0.493 e. The first-order valence-corrected chi connectivity index (χ1v) is 4.92. The summed E-state index contributed by atoms with van der Waals surface area (Å²) in [6.45, 7) is 2.05. The summed E-state index contributed by atoms with van der Waals surface area (Å²) in [5.74, 6) is 1.59. The Morgan fingerprint density at radius 1 is 1.33 bits per heavy atom. The van der Waals surface area contributed by atoms with E-state index in [0.717, 1.165) is 28.0 Å². The van der Waals surface area contributed by atoms with E-state index in [-0.39, 0.29) is 6.61 Å². The molecule has 0 amide bonds. The second-order valence-electron chi connectivity index (χ2n) is 3.55. The third kappa shape index (κ3) is 1.83. The summed E-state index contributed by atoms with van der Waals surface area (Å²) < 4.78 is 10.8. The van der Waals surface area contributed by atoms with Gasteiger partial charge in [-0.3, -0.25) is 0 Å². The van der Waals surface area contributed by atoms with Crippen molar-refractivity contribution >= 4 is 11.0 Å². The van der Waals surface area contributed by atoms with Crippen LogP contribution in [0.25, 0.3) is 11.0 Å². The Kier molecular flexibility index (Phi) is 2.64. The number of benzene rings is 1. The van der Waals surface area contributed by atoms with Gasteiger partial charge < -0.3 is 14.3 Å². The van der Waals surface area contributed by atoms with Crippen molar-refractivity contribution in [3.63, 3.8) is 0 Å². The lowest BCUT2D eigenvalue weighted by molar-refractivity contribution is 0.299. The highest BCUT2D eigenvalue weighted by atomic mass is 16.5. The van der Waals surface area contributed by atoms with Crippen LogP contribution in [0.2, 0.25) is 0 Å². The van der Waals surface area contributed by atoms with E-state index in [2.05, 4.69) is 0 Å². The molecule has 1 aromatic heterocycles. The van der Waals surface area contributed by atoms with Crippen molar-refractivity contribution in [3.05, 3.63) is 29.5 Å². The Bertz CT molecular complexity index is 471. The zero-order valence-electron chi connectivity index (χ0n) is 8.91. The lowest BCUT2D eigenvalue weighted by Gasteiger charge is -2.04. The molecule has 3 heteroatoms. The maximum Gasteiger partial charge on any atom is 0.176 e. The first kappa shape index (κ1) is 10.1. The van der Waals surface area contributed by atoms with Gasteiger partial charge in [-0.15, -0.1) is 0 Å². The van der Waals surface area contributed by atoms with Crippen LogP contribution in [0, 0.1) is 6.92 Å². The van der Waals surface area contributed by atoms with Gasteiger partial charge in [0.05, 0.1) is 7.11 Å². The normalized spacial score (nSPS) is 10.9. The summed E-state index contributed by atoms with van der Waals surface area (Å²) in [5.41, 5.74) is 1.83. The van der Waals surface area contributed by atoms with Crippen molar-refractivity contribution < 1.29 is 14.3 Å². The van der Waals surface area contributed by atoms with Crippen LogP contribution in [-0.2, 0) is 6.42 Å². The molecular weight excluding hydrogens is 192 g/mol. The van der Waals surface area contributed by atoms with Crippen molar-refractivity contribution in [3.8, 4) is 5.75 Å². The molecule has 0 unspecified atom stereocenters. The highest BCUT2D eigenvalue weighted by Crippen LogP contribution is 2.30. The summed E-state index contributed by atoms with van der Waals surface area (Å²) >= 11 is 0. The van der Waals surface area contributed by atoms with Crippen molar-refractivity contribution in [2.24, 2.45) is 0 Å². The Morgan fingerprint density at radius 3 is 2.80 bits per heavy atom. The van der Waals surface area contributed by atoms with Gasteiger partial charge in [0.25, 0.3) is 0 Å². The lowest BCUT2D eigenvalue weighted by Crippen LogP contribution is -1.92. The average Bonchev–Trinajstić information content (AvgIpc) is 2.57. The minimum atomic E-state index is 0.144. The van der Waals surface area contributed by atoms with Crippen molar-refractivity contribution in [1.29, 1.82) is 0 Å². The molecule has 1 aromatic carbocycles. The van der Waals surface area contributed by atoms with Gasteiger partial charge in [0.15, 0.2) is 11.3 Å². The van der Waals surface area contributed by atoms with Gasteiger partial charge in [0, 0.05) is 12.0 Å². The van der Waals surface area contributed by atoms with Gasteiger partial charge in [-0.2, -0.15) is 0 Å². The minimum absolute atomic E-state index is 0.144. The first-order chi connectivity index (χ1) is 7.24. The topological polar surface area (TPSA) is 42.6 Å². The number of aryl methyl sites for hydroxylation is 1. The molecule has 2 aromatic rings. The molecule has 0 saturated carbocycles. The van der Waals surface area contributed by atoms with Gasteiger partial charge in [-0.25, -0.2) is 0 Å². The van der Waals surface area contributed by atoms with Crippen molar-refractivity contribution in [2.75, 3.05) is 13.7 Å². The van der Waals surface area contributed by atoms with Gasteiger partial charge in [0.1, 0.15) is 5.76 Å². The van der Waals surface area contributed by atoms with Gasteiger partial charge in [-0.05, 0) is 37.1 Å². The van der Waals surface area contributed by atoms with E-state index in [1.807, 2.05) is 25.1 Å². The van der Waals surface area contributed by atoms with E-state index < -0.39 is 0 Å². The van der Waals surface area contributed by atoms with Crippen LogP contribution in [0.4, 0.5) is 0 Å². The number of hydrogen-bond donors (Lipinski definition) is 1. The lowest BCUT2D eigenvalue weighted by atomic mass is 10.1. The Hall–Kier alpha value is -1.48. The van der Waals surface area contributed by atoms with E-state index in [1.54, 1.807) is 7.11 Å². The molecule has 0 aliphatic rings.